The summed E-state index contributed by atoms with van der Waals surface area (Å²) in [7, 11) is 0. The van der Waals surface area contributed by atoms with Gasteiger partial charge in [-0.25, -0.2) is 9.50 Å². The molecular weight excluding hydrogens is 328 g/mol. The van der Waals surface area contributed by atoms with E-state index in [4.69, 9.17) is 5.10 Å². The first kappa shape index (κ1) is 14.6. The maximum Gasteiger partial charge on any atom is 0.170 e. The number of imidazole rings is 1. The van der Waals surface area contributed by atoms with Crippen molar-refractivity contribution in [2.24, 2.45) is 0 Å². The Morgan fingerprint density at radius 3 is 3.12 bits per heavy atom. The molecule has 4 aromatic rings. The molecule has 0 unspecified atom stereocenters. The number of H-pyrrole nitrogens is 1. The van der Waals surface area contributed by atoms with Crippen LogP contribution in [0.25, 0.3) is 5.52 Å². The fourth-order valence-corrected chi connectivity index (χ4v) is 3.52. The van der Waals surface area contributed by atoms with Crippen molar-refractivity contribution in [1.82, 2.24) is 29.8 Å². The number of nitrogens with zero attached hydrogens (tertiary/aromatic N) is 7. The molecule has 126 valence electrons. The maximum absolute atomic E-state index is 9.49. The van der Waals surface area contributed by atoms with Crippen molar-refractivity contribution in [2.45, 2.75) is 12.5 Å². The Labute approximate surface area is 148 Å². The summed E-state index contributed by atoms with van der Waals surface area (Å²) >= 11 is 0. The molecule has 0 bridgehead atoms. The third-order valence-electron chi connectivity index (χ3n) is 4.69. The highest BCUT2D eigenvalue weighted by Gasteiger charge is 2.35. The lowest BCUT2D eigenvalue weighted by atomic mass is 9.99. The van der Waals surface area contributed by atoms with Gasteiger partial charge in [-0.15, -0.1) is 5.10 Å². The van der Waals surface area contributed by atoms with Gasteiger partial charge < -0.3 is 9.88 Å². The molecule has 0 fully saturated rings. The van der Waals surface area contributed by atoms with Crippen molar-refractivity contribution >= 4 is 11.3 Å². The van der Waals surface area contributed by atoms with Crippen molar-refractivity contribution < 1.29 is 0 Å². The van der Waals surface area contributed by atoms with Gasteiger partial charge in [0.05, 0.1) is 35.0 Å². The highest BCUT2D eigenvalue weighted by Crippen LogP contribution is 2.36. The number of aromatic nitrogens is 6. The number of nitrogens with one attached hydrogen (secondary N) is 1. The minimum atomic E-state index is -0.228. The van der Waals surface area contributed by atoms with Crippen molar-refractivity contribution in [3.05, 3.63) is 71.7 Å². The molecule has 0 spiro atoms. The molecule has 1 atom stereocenters. The van der Waals surface area contributed by atoms with Crippen LogP contribution in [0.1, 0.15) is 28.7 Å². The number of nitriles is 1. The quantitative estimate of drug-likeness (QED) is 0.597. The number of aromatic amines is 1. The van der Waals surface area contributed by atoms with Crippen LogP contribution in [-0.4, -0.2) is 36.3 Å². The molecule has 1 N–H and O–H groups in total. The summed E-state index contributed by atoms with van der Waals surface area (Å²) in [4.78, 5) is 9.82. The van der Waals surface area contributed by atoms with E-state index in [1.54, 1.807) is 12.4 Å². The first-order chi connectivity index (χ1) is 12.8. The minimum Gasteiger partial charge on any atom is -0.348 e. The zero-order valence-electron chi connectivity index (χ0n) is 13.7. The fraction of sp³-hybridized carbons (Fsp3) is 0.167. The van der Waals surface area contributed by atoms with E-state index in [9.17, 15) is 5.26 Å². The van der Waals surface area contributed by atoms with Gasteiger partial charge in [-0.1, -0.05) is 6.07 Å². The normalized spacial score (nSPS) is 16.4. The van der Waals surface area contributed by atoms with Gasteiger partial charge in [0.15, 0.2) is 5.82 Å². The van der Waals surface area contributed by atoms with Gasteiger partial charge in [-0.2, -0.15) is 15.5 Å². The van der Waals surface area contributed by atoms with E-state index < -0.39 is 0 Å². The second-order valence-electron chi connectivity index (χ2n) is 6.13. The molecule has 1 aliphatic heterocycles. The Morgan fingerprint density at radius 2 is 2.23 bits per heavy atom. The predicted octanol–water partition coefficient (Wildman–Crippen LogP) is 1.87. The molecule has 26 heavy (non-hydrogen) atoms. The Balaban J connectivity index is 1.71. The number of hydrogen-bond donors (Lipinski definition) is 1. The van der Waals surface area contributed by atoms with E-state index in [0.29, 0.717) is 17.9 Å². The first-order valence-electron chi connectivity index (χ1n) is 8.30. The minimum absolute atomic E-state index is 0.228. The van der Waals surface area contributed by atoms with Crippen LogP contribution in [-0.2, 0) is 6.42 Å². The van der Waals surface area contributed by atoms with Crippen LogP contribution >= 0.6 is 0 Å². The summed E-state index contributed by atoms with van der Waals surface area (Å²) in [5, 5.41) is 22.5. The van der Waals surface area contributed by atoms with Crippen molar-refractivity contribution in [3.8, 4) is 6.07 Å². The maximum atomic E-state index is 9.49. The number of pyridine rings is 1. The molecule has 0 saturated carbocycles. The lowest BCUT2D eigenvalue weighted by Crippen LogP contribution is -2.37. The van der Waals surface area contributed by atoms with Crippen LogP contribution in [0, 0.1) is 11.3 Å². The first-order valence-corrected chi connectivity index (χ1v) is 8.30. The number of anilines is 1. The zero-order chi connectivity index (χ0) is 17.5. The molecule has 5 heterocycles. The number of fused-ring (bicyclic) bond motifs is 2. The highest BCUT2D eigenvalue weighted by molar-refractivity contribution is 5.58. The summed E-state index contributed by atoms with van der Waals surface area (Å²) in [6.07, 6.45) is 5.95. The van der Waals surface area contributed by atoms with Gasteiger partial charge in [0, 0.05) is 24.9 Å². The molecule has 1 aliphatic rings. The van der Waals surface area contributed by atoms with Crippen molar-refractivity contribution in [3.63, 3.8) is 0 Å². The van der Waals surface area contributed by atoms with Gasteiger partial charge >= 0.3 is 0 Å². The topological polar surface area (TPSA) is 98.8 Å². The van der Waals surface area contributed by atoms with Gasteiger partial charge in [0.2, 0.25) is 0 Å². The third-order valence-corrected chi connectivity index (χ3v) is 4.69. The van der Waals surface area contributed by atoms with Crippen LogP contribution in [0.2, 0.25) is 0 Å². The Kier molecular flexibility index (Phi) is 3.18. The standard InChI is InChI=1S/C18H14N8/c19-10-12-4-6-22-23-18(12)25-8-5-14-16(21-11-20-14)17(25)15-9-13-3-1-2-7-26(13)24-15/h1-4,6-7,9,11,17H,5,8H2,(H,20,21)/t17-/m0/s1. The molecule has 8 nitrogen and oxygen atoms in total. The smallest absolute Gasteiger partial charge is 0.170 e. The Morgan fingerprint density at radius 1 is 1.27 bits per heavy atom. The molecule has 0 radical (unpaired) electrons. The zero-order valence-corrected chi connectivity index (χ0v) is 13.7. The summed E-state index contributed by atoms with van der Waals surface area (Å²) in [5.74, 6) is 0.561. The van der Waals surface area contributed by atoms with E-state index in [0.717, 1.165) is 29.0 Å². The lowest BCUT2D eigenvalue weighted by Gasteiger charge is -2.34. The second-order valence-corrected chi connectivity index (χ2v) is 6.13. The monoisotopic (exact) mass is 342 g/mol. The Hall–Kier alpha value is -3.73. The van der Waals surface area contributed by atoms with Gasteiger partial charge in [-0.3, -0.25) is 0 Å². The number of hydrogen-bond acceptors (Lipinski definition) is 6. The molecule has 0 saturated heterocycles. The molecule has 4 aromatic heterocycles. The highest BCUT2D eigenvalue weighted by atomic mass is 15.3. The molecule has 0 aromatic carbocycles. The van der Waals surface area contributed by atoms with Crippen LogP contribution in [0.15, 0.2) is 49.1 Å². The number of rotatable bonds is 2. The molecule has 8 heteroatoms. The molecule has 0 aliphatic carbocycles. The van der Waals surface area contributed by atoms with Crippen molar-refractivity contribution in [1.29, 1.82) is 5.26 Å². The summed E-state index contributed by atoms with van der Waals surface area (Å²) in [5.41, 5.74) is 4.36. The second kappa shape index (κ2) is 5.67. The van der Waals surface area contributed by atoms with Gasteiger partial charge in [0.25, 0.3) is 0 Å². The fourth-order valence-electron chi connectivity index (χ4n) is 3.52. The molecule has 0 amide bonds. The van der Waals surface area contributed by atoms with Crippen LogP contribution in [0.5, 0.6) is 0 Å². The van der Waals surface area contributed by atoms with Gasteiger partial charge in [-0.05, 0) is 24.3 Å². The third kappa shape index (κ3) is 2.14. The van der Waals surface area contributed by atoms with Crippen molar-refractivity contribution in [2.75, 3.05) is 11.4 Å². The summed E-state index contributed by atoms with van der Waals surface area (Å²) < 4.78 is 1.84. The lowest BCUT2D eigenvalue weighted by molar-refractivity contribution is 0.606. The average Bonchev–Trinajstić information content (AvgIpc) is 3.33. The Bertz CT molecular complexity index is 1100. The average molecular weight is 342 g/mol. The summed E-state index contributed by atoms with van der Waals surface area (Å²) in [6.45, 7) is 0.696. The van der Waals surface area contributed by atoms with E-state index in [2.05, 4.69) is 31.1 Å². The molecule has 5 rings (SSSR count). The largest absolute Gasteiger partial charge is 0.348 e. The summed E-state index contributed by atoms with van der Waals surface area (Å²) in [6, 6.07) is 11.6. The van der Waals surface area contributed by atoms with Crippen LogP contribution in [0.4, 0.5) is 5.82 Å². The molecular formula is C18H14N8. The SMILES string of the molecule is N#Cc1ccnnc1N1CCc2[nH]cnc2[C@@H]1c1cc2ccccn2n1. The van der Waals surface area contributed by atoms with Crippen LogP contribution in [0.3, 0.4) is 0 Å². The van der Waals surface area contributed by atoms with Gasteiger partial charge in [0.1, 0.15) is 12.1 Å². The van der Waals surface area contributed by atoms with E-state index in [1.165, 1.54) is 6.20 Å². The van der Waals surface area contributed by atoms with E-state index >= 15 is 0 Å². The van der Waals surface area contributed by atoms with E-state index in [1.807, 2.05) is 35.0 Å². The van der Waals surface area contributed by atoms with E-state index in [-0.39, 0.29) is 6.04 Å². The predicted molar refractivity (Wildman–Crippen MR) is 93.4 cm³/mol. The van der Waals surface area contributed by atoms with Crippen LogP contribution < -0.4 is 4.90 Å².